The Balaban J connectivity index is 1.14. The number of hydrogen-bond acceptors (Lipinski definition) is 6. The van der Waals surface area contributed by atoms with Crippen molar-refractivity contribution < 1.29 is 22.6 Å². The molecule has 0 amide bonds. The molecule has 8 heteroatoms. The van der Waals surface area contributed by atoms with Crippen LogP contribution in [0.25, 0.3) is 0 Å². The molecule has 2 atom stereocenters. The van der Waals surface area contributed by atoms with E-state index in [2.05, 4.69) is 58.6 Å². The lowest BCUT2D eigenvalue weighted by molar-refractivity contribution is 0.252. The van der Waals surface area contributed by atoms with E-state index in [9.17, 15) is 8.42 Å². The molecule has 0 aromatic heterocycles. The molecule has 0 spiro atoms. The smallest absolute Gasteiger partial charge is 0.240 e. The minimum absolute atomic E-state index is 0.190. The molecule has 0 bridgehead atoms. The molecule has 2 aliphatic carbocycles. The Bertz CT molecular complexity index is 1420. The van der Waals surface area contributed by atoms with Crippen LogP contribution in [0.4, 0.5) is 0 Å². The lowest BCUT2D eigenvalue weighted by atomic mass is 9.75. The first-order chi connectivity index (χ1) is 20.4. The number of nitrogens with one attached hydrogen (secondary N) is 2. The summed E-state index contributed by atoms with van der Waals surface area (Å²) in [6.45, 7) is 1.46. The van der Waals surface area contributed by atoms with Crippen LogP contribution in [0, 0.1) is 11.8 Å². The fourth-order valence-corrected chi connectivity index (χ4v) is 7.76. The third-order valence-electron chi connectivity index (χ3n) is 9.12. The van der Waals surface area contributed by atoms with Crippen LogP contribution in [0.3, 0.4) is 0 Å². The van der Waals surface area contributed by atoms with Crippen molar-refractivity contribution in [2.45, 2.75) is 61.8 Å². The van der Waals surface area contributed by atoms with Gasteiger partial charge < -0.3 is 19.5 Å². The van der Waals surface area contributed by atoms with E-state index >= 15 is 0 Å². The van der Waals surface area contributed by atoms with E-state index in [0.717, 1.165) is 57.2 Å². The minimum Gasteiger partial charge on any atom is -0.497 e. The van der Waals surface area contributed by atoms with Gasteiger partial charge in [0.1, 0.15) is 5.75 Å². The Morgan fingerprint density at radius 2 is 1.48 bits per heavy atom. The standard InChI is InChI=1S/C34H44N2O5S/c1-39-28-14-16-30-27(20-28)13-17-32(31(30)19-24-7-5-4-6-8-24)35-22-25-9-11-26(12-10-25)23-36-42(37,38)29-15-18-33(40-2)34(21-29)41-3/h4-8,14-16,18,20-21,25-26,31-32,35-36H,9-13,17,19,22-23H2,1-3H3. The van der Waals surface area contributed by atoms with Crippen LogP contribution < -0.4 is 24.2 Å². The van der Waals surface area contributed by atoms with E-state index < -0.39 is 10.0 Å². The van der Waals surface area contributed by atoms with Crippen LogP contribution in [-0.2, 0) is 22.9 Å². The normalized spacial score (nSPS) is 22.3. The SMILES string of the molecule is COc1ccc2c(c1)CCC(NCC1CCC(CNS(=O)(=O)c3ccc(OC)c(OC)c3)CC1)C2Cc1ccccc1. The third-order valence-corrected chi connectivity index (χ3v) is 10.5. The van der Waals surface area contributed by atoms with Crippen LogP contribution in [0.15, 0.2) is 71.6 Å². The molecule has 0 aliphatic heterocycles. The van der Waals surface area contributed by atoms with Gasteiger partial charge in [-0.2, -0.15) is 0 Å². The molecule has 1 fully saturated rings. The highest BCUT2D eigenvalue weighted by molar-refractivity contribution is 7.89. The van der Waals surface area contributed by atoms with E-state index in [4.69, 9.17) is 14.2 Å². The van der Waals surface area contributed by atoms with E-state index in [1.807, 2.05) is 0 Å². The van der Waals surface area contributed by atoms with E-state index in [1.165, 1.54) is 37.0 Å². The van der Waals surface area contributed by atoms with Gasteiger partial charge in [-0.15, -0.1) is 0 Å². The molecule has 2 N–H and O–H groups in total. The van der Waals surface area contributed by atoms with Gasteiger partial charge in [0.15, 0.2) is 11.5 Å². The van der Waals surface area contributed by atoms with Crippen molar-refractivity contribution in [3.8, 4) is 17.2 Å². The summed E-state index contributed by atoms with van der Waals surface area (Å²) >= 11 is 0. The zero-order valence-electron chi connectivity index (χ0n) is 25.0. The highest BCUT2D eigenvalue weighted by Gasteiger charge is 2.31. The van der Waals surface area contributed by atoms with Gasteiger partial charge in [-0.1, -0.05) is 36.4 Å². The Morgan fingerprint density at radius 1 is 0.762 bits per heavy atom. The largest absolute Gasteiger partial charge is 0.497 e. The summed E-state index contributed by atoms with van der Waals surface area (Å²) in [5.74, 6) is 3.22. The van der Waals surface area contributed by atoms with Crippen LogP contribution in [0.1, 0.15) is 54.7 Å². The molecule has 2 unspecified atom stereocenters. The van der Waals surface area contributed by atoms with E-state index in [-0.39, 0.29) is 4.90 Å². The summed E-state index contributed by atoms with van der Waals surface area (Å²) in [4.78, 5) is 0.190. The quantitative estimate of drug-likeness (QED) is 0.280. The average Bonchev–Trinajstić information content (AvgIpc) is 3.03. The van der Waals surface area contributed by atoms with Crippen molar-refractivity contribution in [2.24, 2.45) is 11.8 Å². The molecule has 42 heavy (non-hydrogen) atoms. The van der Waals surface area contributed by atoms with Gasteiger partial charge in [-0.05, 0) is 104 Å². The lowest BCUT2D eigenvalue weighted by Crippen LogP contribution is -2.42. The first-order valence-electron chi connectivity index (χ1n) is 15.1. The second-order valence-corrected chi connectivity index (χ2v) is 13.4. The van der Waals surface area contributed by atoms with Gasteiger partial charge >= 0.3 is 0 Å². The van der Waals surface area contributed by atoms with Crippen molar-refractivity contribution in [3.63, 3.8) is 0 Å². The zero-order valence-corrected chi connectivity index (χ0v) is 25.8. The van der Waals surface area contributed by atoms with Gasteiger partial charge in [-0.25, -0.2) is 13.1 Å². The molecular weight excluding hydrogens is 548 g/mol. The number of methoxy groups -OCH3 is 3. The molecule has 1 saturated carbocycles. The summed E-state index contributed by atoms with van der Waals surface area (Å²) < 4.78 is 44.7. The molecule has 0 heterocycles. The van der Waals surface area contributed by atoms with Gasteiger partial charge in [-0.3, -0.25) is 0 Å². The molecule has 0 radical (unpaired) electrons. The number of hydrogen-bond donors (Lipinski definition) is 2. The lowest BCUT2D eigenvalue weighted by Gasteiger charge is -2.37. The Morgan fingerprint density at radius 3 is 2.17 bits per heavy atom. The molecule has 226 valence electrons. The van der Waals surface area contributed by atoms with Crippen molar-refractivity contribution in [1.29, 1.82) is 0 Å². The molecule has 5 rings (SSSR count). The summed E-state index contributed by atoms with van der Waals surface area (Å²) in [5, 5.41) is 3.98. The monoisotopic (exact) mass is 592 g/mol. The van der Waals surface area contributed by atoms with Crippen LogP contribution >= 0.6 is 0 Å². The Kier molecular flexibility index (Phi) is 10.1. The van der Waals surface area contributed by atoms with Crippen molar-refractivity contribution in [2.75, 3.05) is 34.4 Å². The van der Waals surface area contributed by atoms with Gasteiger partial charge in [0.25, 0.3) is 0 Å². The number of benzene rings is 3. The summed E-state index contributed by atoms with van der Waals surface area (Å²) in [5.41, 5.74) is 4.22. The van der Waals surface area contributed by atoms with Gasteiger partial charge in [0.05, 0.1) is 26.2 Å². The number of rotatable bonds is 12. The van der Waals surface area contributed by atoms with Gasteiger partial charge in [0.2, 0.25) is 10.0 Å². The molecule has 3 aromatic carbocycles. The number of fused-ring (bicyclic) bond motifs is 1. The maximum Gasteiger partial charge on any atom is 0.240 e. The van der Waals surface area contributed by atoms with Crippen molar-refractivity contribution in [1.82, 2.24) is 10.0 Å². The second kappa shape index (κ2) is 13.9. The summed E-state index contributed by atoms with van der Waals surface area (Å²) in [6.07, 6.45) is 7.47. The number of aryl methyl sites for hydroxylation is 1. The Hall–Kier alpha value is -3.07. The number of ether oxygens (including phenoxy) is 3. The zero-order chi connectivity index (χ0) is 29.5. The maximum absolute atomic E-state index is 12.9. The number of sulfonamides is 1. The van der Waals surface area contributed by atoms with Crippen molar-refractivity contribution in [3.05, 3.63) is 83.4 Å². The third kappa shape index (κ3) is 7.28. The van der Waals surface area contributed by atoms with Gasteiger partial charge in [0, 0.05) is 24.6 Å². The predicted molar refractivity (Wildman–Crippen MR) is 166 cm³/mol. The highest BCUT2D eigenvalue weighted by atomic mass is 32.2. The molecule has 3 aromatic rings. The topological polar surface area (TPSA) is 85.9 Å². The fraction of sp³-hybridized carbons (Fsp3) is 0.471. The average molecular weight is 593 g/mol. The first kappa shape index (κ1) is 30.4. The summed E-state index contributed by atoms with van der Waals surface area (Å²) in [7, 11) is 1.15. The molecule has 2 aliphatic rings. The molecule has 7 nitrogen and oxygen atoms in total. The van der Waals surface area contributed by atoms with Crippen LogP contribution in [0.5, 0.6) is 17.2 Å². The molecular formula is C34H44N2O5S. The minimum atomic E-state index is -3.62. The highest BCUT2D eigenvalue weighted by Crippen LogP contribution is 2.37. The molecule has 0 saturated heterocycles. The van der Waals surface area contributed by atoms with Crippen molar-refractivity contribution >= 4 is 10.0 Å². The fourth-order valence-electron chi connectivity index (χ4n) is 6.63. The van der Waals surface area contributed by atoms with Crippen LogP contribution in [0.2, 0.25) is 0 Å². The maximum atomic E-state index is 12.9. The second-order valence-electron chi connectivity index (χ2n) is 11.7. The predicted octanol–water partition coefficient (Wildman–Crippen LogP) is 5.73. The van der Waals surface area contributed by atoms with E-state index in [0.29, 0.717) is 41.8 Å². The Labute approximate surface area is 251 Å². The summed E-state index contributed by atoms with van der Waals surface area (Å²) in [6, 6.07) is 22.5. The van der Waals surface area contributed by atoms with E-state index in [1.54, 1.807) is 19.2 Å². The van der Waals surface area contributed by atoms with Crippen LogP contribution in [-0.4, -0.2) is 48.9 Å². The first-order valence-corrected chi connectivity index (χ1v) is 16.5.